The zero-order valence-electron chi connectivity index (χ0n) is 20.7. The number of fused-ring (bicyclic) bond motifs is 1. The summed E-state index contributed by atoms with van der Waals surface area (Å²) in [6, 6.07) is 24.3. The number of nitrogens with zero attached hydrogens (tertiary/aromatic N) is 1. The van der Waals surface area contributed by atoms with Crippen LogP contribution in [0.4, 0.5) is 0 Å². The van der Waals surface area contributed by atoms with Gasteiger partial charge in [-0.25, -0.2) is 0 Å². The third-order valence-electron chi connectivity index (χ3n) is 6.19. The Bertz CT molecular complexity index is 1300. The van der Waals surface area contributed by atoms with Crippen LogP contribution in [0.25, 0.3) is 10.8 Å². The molecule has 4 aromatic rings. The predicted octanol–water partition coefficient (Wildman–Crippen LogP) is 6.69. The second-order valence-corrected chi connectivity index (χ2v) is 10.7. The van der Waals surface area contributed by atoms with Crippen molar-refractivity contribution in [2.24, 2.45) is 0 Å². The highest BCUT2D eigenvalue weighted by atomic mass is 35.5. The maximum atomic E-state index is 12.9. The summed E-state index contributed by atoms with van der Waals surface area (Å²) in [5, 5.41) is 13.6. The number of carbonyl (C=O) groups excluding carboxylic acids is 1. The first kappa shape index (κ1) is 26.2. The van der Waals surface area contributed by atoms with Gasteiger partial charge in [0.2, 0.25) is 0 Å². The summed E-state index contributed by atoms with van der Waals surface area (Å²) in [6.45, 7) is 3.25. The summed E-state index contributed by atoms with van der Waals surface area (Å²) >= 11 is 8.06. The van der Waals surface area contributed by atoms with E-state index >= 15 is 0 Å². The van der Waals surface area contributed by atoms with Gasteiger partial charge in [0.25, 0.3) is 5.91 Å². The number of benzene rings is 3. The molecule has 6 heteroatoms. The minimum absolute atomic E-state index is 0.257. The summed E-state index contributed by atoms with van der Waals surface area (Å²) in [4.78, 5) is 16.5. The lowest BCUT2D eigenvalue weighted by Gasteiger charge is -2.21. The number of hydrogen-bond acceptors (Lipinski definition) is 4. The number of ether oxygens (including phenoxy) is 1. The van der Waals surface area contributed by atoms with Crippen molar-refractivity contribution in [2.45, 2.75) is 45.3 Å². The summed E-state index contributed by atoms with van der Waals surface area (Å²) in [5.41, 5.74) is 2.28. The second-order valence-electron chi connectivity index (χ2n) is 9.03. The average molecular weight is 522 g/mol. The van der Waals surface area contributed by atoms with Crippen LogP contribution in [0.5, 0.6) is 5.75 Å². The van der Waals surface area contributed by atoms with E-state index < -0.39 is 6.10 Å². The van der Waals surface area contributed by atoms with Gasteiger partial charge in [0.05, 0.1) is 11.6 Å². The van der Waals surface area contributed by atoms with E-state index in [0.29, 0.717) is 11.6 Å². The van der Waals surface area contributed by atoms with Gasteiger partial charge in [-0.3, -0.25) is 4.79 Å². The van der Waals surface area contributed by atoms with Crippen LogP contribution in [-0.4, -0.2) is 35.7 Å². The Balaban J connectivity index is 1.33. The fourth-order valence-electron chi connectivity index (χ4n) is 4.26. The van der Waals surface area contributed by atoms with Crippen molar-refractivity contribution < 1.29 is 14.6 Å². The van der Waals surface area contributed by atoms with Crippen LogP contribution in [0.2, 0.25) is 5.02 Å². The number of carbonyl (C=O) groups is 1. The van der Waals surface area contributed by atoms with Crippen molar-refractivity contribution in [3.05, 3.63) is 98.7 Å². The molecule has 0 spiro atoms. The standard InChI is InChI=1S/C30H32ClNO3S/c1-3-17-35-24-14-11-21(12-15-24)13-16-29-27(31)18-25(36-29)19-28(33)30(34)32(2)20-23-9-6-8-22-7-4-5-10-26(22)23/h4-12,14-15,18,28,33H,3,13,16-17,19-20H2,1-2H3. The topological polar surface area (TPSA) is 49.8 Å². The monoisotopic (exact) mass is 521 g/mol. The summed E-state index contributed by atoms with van der Waals surface area (Å²) in [5.74, 6) is 0.598. The SMILES string of the molecule is CCCOc1ccc(CCc2sc(CC(O)C(=O)N(C)Cc3cccc4ccccc34)cc2Cl)cc1. The van der Waals surface area contributed by atoms with Gasteiger partial charge in [-0.2, -0.15) is 0 Å². The Hall–Kier alpha value is -2.86. The molecule has 0 aliphatic rings. The largest absolute Gasteiger partial charge is 0.494 e. The number of halogens is 1. The molecular formula is C30H32ClNO3S. The molecular weight excluding hydrogens is 490 g/mol. The van der Waals surface area contributed by atoms with Crippen LogP contribution in [0.3, 0.4) is 0 Å². The molecule has 0 radical (unpaired) electrons. The quantitative estimate of drug-likeness (QED) is 0.239. The van der Waals surface area contributed by atoms with Crippen LogP contribution in [0.15, 0.2) is 72.8 Å². The highest BCUT2D eigenvalue weighted by Gasteiger charge is 2.22. The molecule has 4 rings (SSSR count). The zero-order chi connectivity index (χ0) is 25.5. The van der Waals surface area contributed by atoms with Gasteiger partial charge >= 0.3 is 0 Å². The van der Waals surface area contributed by atoms with E-state index in [1.807, 2.05) is 42.5 Å². The van der Waals surface area contributed by atoms with Crippen LogP contribution in [0.1, 0.15) is 34.2 Å². The van der Waals surface area contributed by atoms with Gasteiger partial charge in [0.15, 0.2) is 0 Å². The lowest BCUT2D eigenvalue weighted by atomic mass is 10.0. The Morgan fingerprint density at radius 1 is 1.06 bits per heavy atom. The number of aliphatic hydroxyl groups is 1. The van der Waals surface area contributed by atoms with Crippen molar-refractivity contribution in [3.8, 4) is 5.75 Å². The zero-order valence-corrected chi connectivity index (χ0v) is 22.3. The van der Waals surface area contributed by atoms with Crippen LogP contribution >= 0.6 is 22.9 Å². The molecule has 1 unspecified atom stereocenters. The Morgan fingerprint density at radius 3 is 2.58 bits per heavy atom. The number of amides is 1. The van der Waals surface area contributed by atoms with Crippen molar-refractivity contribution in [3.63, 3.8) is 0 Å². The molecule has 1 N–H and O–H groups in total. The molecule has 0 aliphatic carbocycles. The van der Waals surface area contributed by atoms with E-state index in [-0.39, 0.29) is 12.3 Å². The van der Waals surface area contributed by atoms with E-state index in [4.69, 9.17) is 16.3 Å². The van der Waals surface area contributed by atoms with Crippen LogP contribution in [0, 0.1) is 0 Å². The van der Waals surface area contributed by atoms with Gasteiger partial charge < -0.3 is 14.7 Å². The molecule has 1 atom stereocenters. The van der Waals surface area contributed by atoms with Gasteiger partial charge in [-0.1, -0.05) is 73.1 Å². The Labute approximate surface area is 222 Å². The molecule has 0 saturated heterocycles. The van der Waals surface area contributed by atoms with Gasteiger partial charge in [0, 0.05) is 29.8 Å². The van der Waals surface area contributed by atoms with Crippen molar-refractivity contribution >= 4 is 39.6 Å². The van der Waals surface area contributed by atoms with Crippen LogP contribution in [-0.2, 0) is 30.6 Å². The van der Waals surface area contributed by atoms with Gasteiger partial charge in [-0.05, 0) is 59.4 Å². The maximum Gasteiger partial charge on any atom is 0.251 e. The average Bonchev–Trinajstić information content (AvgIpc) is 3.24. The van der Waals surface area contributed by atoms with Crippen molar-refractivity contribution in [1.29, 1.82) is 0 Å². The number of rotatable bonds is 11. The smallest absolute Gasteiger partial charge is 0.251 e. The number of aryl methyl sites for hydroxylation is 2. The number of hydrogen-bond donors (Lipinski definition) is 1. The van der Waals surface area contributed by atoms with Crippen LogP contribution < -0.4 is 4.74 Å². The molecule has 0 bridgehead atoms. The molecule has 0 aliphatic heterocycles. The lowest BCUT2D eigenvalue weighted by Crippen LogP contribution is -2.37. The molecule has 4 nitrogen and oxygen atoms in total. The minimum Gasteiger partial charge on any atom is -0.494 e. The molecule has 3 aromatic carbocycles. The van der Waals surface area contributed by atoms with E-state index in [1.165, 1.54) is 5.56 Å². The summed E-state index contributed by atoms with van der Waals surface area (Å²) in [6.07, 6.45) is 1.81. The third-order valence-corrected chi connectivity index (χ3v) is 7.86. The van der Waals surface area contributed by atoms with E-state index in [0.717, 1.165) is 57.7 Å². The molecule has 1 amide bonds. The van der Waals surface area contributed by atoms with Gasteiger partial charge in [-0.15, -0.1) is 11.3 Å². The third kappa shape index (κ3) is 6.67. The summed E-state index contributed by atoms with van der Waals surface area (Å²) < 4.78 is 5.65. The normalized spacial score (nSPS) is 12.0. The maximum absolute atomic E-state index is 12.9. The first-order valence-electron chi connectivity index (χ1n) is 12.3. The summed E-state index contributed by atoms with van der Waals surface area (Å²) in [7, 11) is 1.73. The number of aliphatic hydroxyl groups excluding tert-OH is 1. The number of thiophene rings is 1. The molecule has 0 saturated carbocycles. The Kier molecular flexibility index (Phi) is 9.03. The first-order chi connectivity index (χ1) is 17.4. The highest BCUT2D eigenvalue weighted by molar-refractivity contribution is 7.12. The number of likely N-dealkylation sites (N-methyl/N-ethyl adjacent to an activating group) is 1. The lowest BCUT2D eigenvalue weighted by molar-refractivity contribution is -0.139. The Morgan fingerprint density at radius 2 is 1.81 bits per heavy atom. The second kappa shape index (κ2) is 12.4. The molecule has 0 fully saturated rings. The minimum atomic E-state index is -1.11. The van der Waals surface area contributed by atoms with E-state index in [1.54, 1.807) is 23.3 Å². The fraction of sp³-hybridized carbons (Fsp3) is 0.300. The predicted molar refractivity (Wildman–Crippen MR) is 149 cm³/mol. The van der Waals surface area contributed by atoms with E-state index in [2.05, 4.69) is 37.3 Å². The highest BCUT2D eigenvalue weighted by Crippen LogP contribution is 2.30. The van der Waals surface area contributed by atoms with Crippen molar-refractivity contribution in [1.82, 2.24) is 4.90 Å². The van der Waals surface area contributed by atoms with Gasteiger partial charge in [0.1, 0.15) is 11.9 Å². The fourth-order valence-corrected chi connectivity index (χ4v) is 5.76. The van der Waals surface area contributed by atoms with Crippen molar-refractivity contribution in [2.75, 3.05) is 13.7 Å². The first-order valence-corrected chi connectivity index (χ1v) is 13.5. The molecule has 1 aromatic heterocycles. The van der Waals surface area contributed by atoms with E-state index in [9.17, 15) is 9.90 Å². The molecule has 36 heavy (non-hydrogen) atoms. The molecule has 1 heterocycles. The molecule has 188 valence electrons.